The van der Waals surface area contributed by atoms with E-state index in [1.807, 2.05) is 50.8 Å². The largest absolute Gasteiger partial charge is 0.341 e. The van der Waals surface area contributed by atoms with Crippen LogP contribution in [0.2, 0.25) is 0 Å². The van der Waals surface area contributed by atoms with Crippen molar-refractivity contribution in [3.05, 3.63) is 77.1 Å². The maximum atomic E-state index is 12.6. The molecule has 4 heteroatoms. The van der Waals surface area contributed by atoms with Crippen LogP contribution in [0.25, 0.3) is 11.1 Å². The molecule has 2 aromatic carbocycles. The molecule has 0 saturated carbocycles. The highest BCUT2D eigenvalue weighted by Gasteiger charge is 2.16. The van der Waals surface area contributed by atoms with Crippen LogP contribution in [0.1, 0.15) is 22.5 Å². The molecule has 0 spiro atoms. The summed E-state index contributed by atoms with van der Waals surface area (Å²) in [6.07, 6.45) is 0.393. The lowest BCUT2D eigenvalue weighted by Crippen LogP contribution is -2.28. The zero-order valence-corrected chi connectivity index (χ0v) is 15.9. The number of rotatable bonds is 5. The van der Waals surface area contributed by atoms with Crippen LogP contribution in [0, 0.1) is 13.8 Å². The van der Waals surface area contributed by atoms with E-state index in [0.717, 1.165) is 22.5 Å². The van der Waals surface area contributed by atoms with Gasteiger partial charge in [0.1, 0.15) is 0 Å². The highest BCUT2D eigenvalue weighted by atomic mass is 16.2. The van der Waals surface area contributed by atoms with E-state index >= 15 is 0 Å². The van der Waals surface area contributed by atoms with Crippen LogP contribution in [-0.2, 0) is 24.8 Å². The van der Waals surface area contributed by atoms with E-state index in [1.54, 1.807) is 4.90 Å². The molecule has 0 unspecified atom stereocenters. The number of aryl methyl sites for hydroxylation is 2. The van der Waals surface area contributed by atoms with Gasteiger partial charge in [-0.25, -0.2) is 0 Å². The van der Waals surface area contributed by atoms with Crippen molar-refractivity contribution in [1.29, 1.82) is 0 Å². The molecule has 0 N–H and O–H groups in total. The second-order valence-electron chi connectivity index (χ2n) is 6.76. The van der Waals surface area contributed by atoms with Gasteiger partial charge in [0.25, 0.3) is 0 Å². The molecule has 4 nitrogen and oxygen atoms in total. The number of carbonyl (C=O) groups is 1. The molecule has 0 fully saturated rings. The van der Waals surface area contributed by atoms with E-state index in [9.17, 15) is 4.79 Å². The fourth-order valence-corrected chi connectivity index (χ4v) is 3.15. The fourth-order valence-electron chi connectivity index (χ4n) is 3.15. The van der Waals surface area contributed by atoms with Gasteiger partial charge in [-0.15, -0.1) is 0 Å². The molecule has 0 radical (unpaired) electrons. The fraction of sp³-hybridized carbons (Fsp3) is 0.273. The number of hydrogen-bond acceptors (Lipinski definition) is 2. The van der Waals surface area contributed by atoms with Crippen molar-refractivity contribution in [2.45, 2.75) is 26.8 Å². The van der Waals surface area contributed by atoms with Gasteiger partial charge in [-0.05, 0) is 30.5 Å². The Hall–Kier alpha value is -2.88. The Morgan fingerprint density at radius 1 is 1.00 bits per heavy atom. The Morgan fingerprint density at radius 3 is 2.19 bits per heavy atom. The summed E-state index contributed by atoms with van der Waals surface area (Å²) in [5.41, 5.74) is 6.52. The minimum Gasteiger partial charge on any atom is -0.341 e. The van der Waals surface area contributed by atoms with E-state index < -0.39 is 0 Å². The first-order valence-electron chi connectivity index (χ1n) is 8.83. The third kappa shape index (κ3) is 3.85. The smallest absolute Gasteiger partial charge is 0.227 e. The third-order valence-electron chi connectivity index (χ3n) is 4.89. The summed E-state index contributed by atoms with van der Waals surface area (Å²) in [5, 5.41) is 4.39. The van der Waals surface area contributed by atoms with E-state index in [1.165, 1.54) is 11.1 Å². The predicted octanol–water partition coefficient (Wildman–Crippen LogP) is 3.91. The number of aromatic nitrogens is 2. The minimum absolute atomic E-state index is 0.108. The van der Waals surface area contributed by atoms with Gasteiger partial charge in [0.15, 0.2) is 0 Å². The van der Waals surface area contributed by atoms with Gasteiger partial charge >= 0.3 is 0 Å². The van der Waals surface area contributed by atoms with Gasteiger partial charge in [0.05, 0.1) is 12.1 Å². The molecule has 1 heterocycles. The second kappa shape index (κ2) is 7.56. The first kappa shape index (κ1) is 17.9. The van der Waals surface area contributed by atoms with E-state index in [2.05, 4.69) is 41.5 Å². The Morgan fingerprint density at radius 2 is 1.62 bits per heavy atom. The summed E-state index contributed by atoms with van der Waals surface area (Å²) in [7, 11) is 3.77. The van der Waals surface area contributed by atoms with Crippen LogP contribution in [0.3, 0.4) is 0 Å². The van der Waals surface area contributed by atoms with Gasteiger partial charge in [-0.2, -0.15) is 5.10 Å². The standard InChI is InChI=1S/C22H25N3O/c1-16-21(17(2)25(4)23-16)14-22(26)24(3)15-18-10-12-20(13-11-18)19-8-6-5-7-9-19/h5-13H,14-15H2,1-4H3. The molecule has 0 aliphatic heterocycles. The summed E-state index contributed by atoms with van der Waals surface area (Å²) >= 11 is 0. The summed E-state index contributed by atoms with van der Waals surface area (Å²) in [6.45, 7) is 4.56. The molecule has 26 heavy (non-hydrogen) atoms. The van der Waals surface area contributed by atoms with Gasteiger partial charge in [-0.3, -0.25) is 9.48 Å². The SMILES string of the molecule is Cc1nn(C)c(C)c1CC(=O)N(C)Cc1ccc(-c2ccccc2)cc1. The number of nitrogens with zero attached hydrogens (tertiary/aromatic N) is 3. The van der Waals surface area contributed by atoms with Crippen LogP contribution in [0.15, 0.2) is 54.6 Å². The molecular weight excluding hydrogens is 322 g/mol. The minimum atomic E-state index is 0.108. The predicted molar refractivity (Wildman–Crippen MR) is 105 cm³/mol. The average molecular weight is 347 g/mol. The van der Waals surface area contributed by atoms with Crippen molar-refractivity contribution in [2.75, 3.05) is 7.05 Å². The maximum absolute atomic E-state index is 12.6. The van der Waals surface area contributed by atoms with Gasteiger partial charge < -0.3 is 4.90 Å². The summed E-state index contributed by atoms with van der Waals surface area (Å²) in [4.78, 5) is 14.4. The molecule has 0 aliphatic rings. The Kier molecular flexibility index (Phi) is 5.21. The van der Waals surface area contributed by atoms with Crippen LogP contribution in [0.4, 0.5) is 0 Å². The average Bonchev–Trinajstić information content (AvgIpc) is 2.89. The highest BCUT2D eigenvalue weighted by Crippen LogP contribution is 2.20. The molecule has 0 saturated heterocycles. The van der Waals surface area contributed by atoms with Gasteiger partial charge in [0, 0.05) is 31.9 Å². The van der Waals surface area contributed by atoms with Crippen molar-refractivity contribution in [2.24, 2.45) is 7.05 Å². The normalized spacial score (nSPS) is 10.8. The topological polar surface area (TPSA) is 38.1 Å². The number of carbonyl (C=O) groups excluding carboxylic acids is 1. The molecule has 1 aromatic heterocycles. The molecule has 0 bridgehead atoms. The lowest BCUT2D eigenvalue weighted by Gasteiger charge is -2.18. The van der Waals surface area contributed by atoms with Crippen molar-refractivity contribution in [3.8, 4) is 11.1 Å². The monoisotopic (exact) mass is 347 g/mol. The van der Waals surface area contributed by atoms with E-state index in [-0.39, 0.29) is 5.91 Å². The summed E-state index contributed by atoms with van der Waals surface area (Å²) in [6, 6.07) is 18.7. The zero-order chi connectivity index (χ0) is 18.7. The number of benzene rings is 2. The third-order valence-corrected chi connectivity index (χ3v) is 4.89. The second-order valence-corrected chi connectivity index (χ2v) is 6.76. The maximum Gasteiger partial charge on any atom is 0.227 e. The van der Waals surface area contributed by atoms with Crippen LogP contribution >= 0.6 is 0 Å². The Labute approximate surface area is 155 Å². The summed E-state index contributed by atoms with van der Waals surface area (Å²) in [5.74, 6) is 0.108. The zero-order valence-electron chi connectivity index (χ0n) is 15.9. The number of hydrogen-bond donors (Lipinski definition) is 0. The van der Waals surface area contributed by atoms with Crippen LogP contribution < -0.4 is 0 Å². The lowest BCUT2D eigenvalue weighted by atomic mass is 10.0. The molecular formula is C22H25N3O. The molecule has 3 aromatic rings. The first-order valence-corrected chi connectivity index (χ1v) is 8.83. The quantitative estimate of drug-likeness (QED) is 0.702. The summed E-state index contributed by atoms with van der Waals surface area (Å²) < 4.78 is 1.83. The number of likely N-dealkylation sites (N-methyl/N-ethyl adjacent to an activating group) is 1. The molecule has 1 amide bonds. The Balaban J connectivity index is 1.65. The van der Waals surface area contributed by atoms with Crippen molar-refractivity contribution in [1.82, 2.24) is 14.7 Å². The van der Waals surface area contributed by atoms with Gasteiger partial charge in [-0.1, -0.05) is 54.6 Å². The lowest BCUT2D eigenvalue weighted by molar-refractivity contribution is -0.129. The van der Waals surface area contributed by atoms with Crippen molar-refractivity contribution >= 4 is 5.91 Å². The molecule has 0 aliphatic carbocycles. The first-order chi connectivity index (χ1) is 12.5. The Bertz CT molecular complexity index is 895. The van der Waals surface area contributed by atoms with E-state index in [4.69, 9.17) is 0 Å². The highest BCUT2D eigenvalue weighted by molar-refractivity contribution is 5.79. The van der Waals surface area contributed by atoms with E-state index in [0.29, 0.717) is 13.0 Å². The molecule has 134 valence electrons. The molecule has 0 atom stereocenters. The molecule has 3 rings (SSSR count). The van der Waals surface area contributed by atoms with Gasteiger partial charge in [0.2, 0.25) is 5.91 Å². The van der Waals surface area contributed by atoms with Crippen LogP contribution in [-0.4, -0.2) is 27.6 Å². The van der Waals surface area contributed by atoms with Crippen LogP contribution in [0.5, 0.6) is 0 Å². The number of amides is 1. The van der Waals surface area contributed by atoms with Crippen molar-refractivity contribution in [3.63, 3.8) is 0 Å². The van der Waals surface area contributed by atoms with Crippen molar-refractivity contribution < 1.29 is 4.79 Å².